The minimum atomic E-state index is -0.892. The van der Waals surface area contributed by atoms with Crippen LogP contribution in [0.15, 0.2) is 72.9 Å². The van der Waals surface area contributed by atoms with Crippen LogP contribution in [0.2, 0.25) is 0 Å². The standard InChI is InChI=1S/C41H67NO7/c1-6-8-10-12-14-16-18-20-22-24-26-28-30-32-40(44)49-37(35-47-34-33-38(41(45)46)42(3,4)5)36-48-39(43)31-29-27-25-23-21-19-17-15-13-11-9-7-2/h8,10,12,14-18,20,22,24,26,37-38H,6-7,9,11,13,19,21,23,25,27-36H2,1-5H3/p+1/b10-8+,14-12+,17-15+,18-16+,22-20+,26-24+. The highest BCUT2D eigenvalue weighted by Crippen LogP contribution is 2.11. The lowest BCUT2D eigenvalue weighted by atomic mass is 10.1. The van der Waals surface area contributed by atoms with E-state index in [1.54, 1.807) is 0 Å². The number of esters is 2. The molecule has 0 aliphatic heterocycles. The normalized spacial score (nSPS) is 13.9. The number of nitrogens with zero attached hydrogens (tertiary/aromatic N) is 1. The highest BCUT2D eigenvalue weighted by Gasteiger charge is 2.31. The molecule has 0 aromatic carbocycles. The van der Waals surface area contributed by atoms with Crippen LogP contribution in [-0.4, -0.2) is 80.6 Å². The highest BCUT2D eigenvalue weighted by molar-refractivity contribution is 5.72. The average molecular weight is 687 g/mol. The van der Waals surface area contributed by atoms with E-state index in [0.717, 1.165) is 44.9 Å². The number of rotatable bonds is 31. The van der Waals surface area contributed by atoms with Gasteiger partial charge in [-0.25, -0.2) is 4.79 Å². The van der Waals surface area contributed by atoms with Crippen LogP contribution in [0.3, 0.4) is 0 Å². The number of quaternary nitrogens is 1. The van der Waals surface area contributed by atoms with Crippen molar-refractivity contribution in [3.05, 3.63) is 72.9 Å². The Bertz CT molecular complexity index is 1030. The van der Waals surface area contributed by atoms with Gasteiger partial charge in [-0.3, -0.25) is 9.59 Å². The van der Waals surface area contributed by atoms with Crippen LogP contribution in [-0.2, 0) is 28.6 Å². The molecule has 2 atom stereocenters. The zero-order valence-electron chi connectivity index (χ0n) is 31.4. The number of unbranched alkanes of at least 4 members (excludes halogenated alkanes) is 9. The number of allylic oxidation sites excluding steroid dienone is 12. The van der Waals surface area contributed by atoms with Crippen molar-refractivity contribution in [2.45, 2.75) is 129 Å². The summed E-state index contributed by atoms with van der Waals surface area (Å²) in [6.45, 7) is 4.44. The molecule has 0 fully saturated rings. The molecule has 0 rings (SSSR count). The van der Waals surface area contributed by atoms with Gasteiger partial charge in [-0.15, -0.1) is 0 Å². The molecule has 0 aliphatic rings. The Hall–Kier alpha value is -3.23. The first-order valence-electron chi connectivity index (χ1n) is 18.5. The Kier molecular flexibility index (Phi) is 29.9. The van der Waals surface area contributed by atoms with Crippen molar-refractivity contribution in [1.29, 1.82) is 0 Å². The Morgan fingerprint density at radius 2 is 1.18 bits per heavy atom. The SMILES string of the molecule is CC/C=C/C=C/C=C/C=C/C=C/CCCC(=O)OC(COCCC(C(=O)O)[N+](C)(C)C)COC(=O)CCCCCCC/C=C/CCCCC. The van der Waals surface area contributed by atoms with E-state index in [9.17, 15) is 19.5 Å². The molecule has 49 heavy (non-hydrogen) atoms. The summed E-state index contributed by atoms with van der Waals surface area (Å²) in [5.41, 5.74) is 0. The van der Waals surface area contributed by atoms with E-state index in [0.29, 0.717) is 19.3 Å². The highest BCUT2D eigenvalue weighted by atomic mass is 16.6. The molecular formula is C41H68NO7+. The van der Waals surface area contributed by atoms with Crippen molar-refractivity contribution in [2.24, 2.45) is 0 Å². The molecule has 0 radical (unpaired) electrons. The van der Waals surface area contributed by atoms with Gasteiger partial charge in [0.1, 0.15) is 6.61 Å². The second-order valence-electron chi connectivity index (χ2n) is 13.2. The Balaban J connectivity index is 4.61. The van der Waals surface area contributed by atoms with Crippen LogP contribution in [0.5, 0.6) is 0 Å². The first kappa shape index (κ1) is 45.8. The van der Waals surface area contributed by atoms with Gasteiger partial charge in [0, 0.05) is 19.3 Å². The molecule has 0 spiro atoms. The van der Waals surface area contributed by atoms with Gasteiger partial charge in [0.25, 0.3) is 0 Å². The molecule has 8 heteroatoms. The minimum Gasteiger partial charge on any atom is -0.477 e. The molecular weight excluding hydrogens is 618 g/mol. The monoisotopic (exact) mass is 686 g/mol. The molecule has 0 saturated heterocycles. The second kappa shape index (κ2) is 32.0. The first-order valence-corrected chi connectivity index (χ1v) is 18.5. The molecule has 0 heterocycles. The number of aliphatic carboxylic acids is 1. The smallest absolute Gasteiger partial charge is 0.362 e. The van der Waals surface area contributed by atoms with E-state index >= 15 is 0 Å². The summed E-state index contributed by atoms with van der Waals surface area (Å²) >= 11 is 0. The van der Waals surface area contributed by atoms with E-state index in [-0.39, 0.29) is 42.7 Å². The van der Waals surface area contributed by atoms with E-state index in [2.05, 4.69) is 32.1 Å². The summed E-state index contributed by atoms with van der Waals surface area (Å²) < 4.78 is 17.1. The van der Waals surface area contributed by atoms with Crippen LogP contribution in [0, 0.1) is 0 Å². The fraction of sp³-hybridized carbons (Fsp3) is 0.634. The minimum absolute atomic E-state index is 0.0256. The fourth-order valence-electron chi connectivity index (χ4n) is 4.82. The maximum Gasteiger partial charge on any atom is 0.362 e. The van der Waals surface area contributed by atoms with Crippen LogP contribution in [0.25, 0.3) is 0 Å². The van der Waals surface area contributed by atoms with Crippen molar-refractivity contribution in [3.8, 4) is 0 Å². The molecule has 278 valence electrons. The first-order chi connectivity index (χ1) is 23.6. The number of carboxylic acids is 1. The van der Waals surface area contributed by atoms with Crippen molar-refractivity contribution >= 4 is 17.9 Å². The predicted molar refractivity (Wildman–Crippen MR) is 201 cm³/mol. The molecule has 2 unspecified atom stereocenters. The van der Waals surface area contributed by atoms with Crippen LogP contribution in [0.1, 0.15) is 117 Å². The third-order valence-corrected chi connectivity index (χ3v) is 7.72. The van der Waals surface area contributed by atoms with Gasteiger partial charge >= 0.3 is 17.9 Å². The summed E-state index contributed by atoms with van der Waals surface area (Å²) in [6.07, 6.45) is 38.1. The topological polar surface area (TPSA) is 99.1 Å². The number of carbonyl (C=O) groups is 3. The van der Waals surface area contributed by atoms with E-state index < -0.39 is 18.1 Å². The summed E-state index contributed by atoms with van der Waals surface area (Å²) in [4.78, 5) is 36.7. The number of carbonyl (C=O) groups excluding carboxylic acids is 2. The van der Waals surface area contributed by atoms with Gasteiger partial charge in [-0.1, -0.05) is 119 Å². The number of carboxylic acid groups (broad SMARTS) is 1. The van der Waals surface area contributed by atoms with Gasteiger partial charge in [0.15, 0.2) is 12.1 Å². The second-order valence-corrected chi connectivity index (χ2v) is 13.2. The third kappa shape index (κ3) is 30.6. The van der Waals surface area contributed by atoms with Gasteiger partial charge in [0.05, 0.1) is 34.4 Å². The Morgan fingerprint density at radius 1 is 0.633 bits per heavy atom. The van der Waals surface area contributed by atoms with Crippen molar-refractivity contribution in [3.63, 3.8) is 0 Å². The molecule has 8 nitrogen and oxygen atoms in total. The van der Waals surface area contributed by atoms with Gasteiger partial charge in [-0.2, -0.15) is 0 Å². The van der Waals surface area contributed by atoms with Gasteiger partial charge < -0.3 is 23.8 Å². The number of hydrogen-bond acceptors (Lipinski definition) is 6. The van der Waals surface area contributed by atoms with Crippen LogP contribution in [0.4, 0.5) is 0 Å². The summed E-state index contributed by atoms with van der Waals surface area (Å²) in [6, 6.07) is -0.630. The number of ether oxygens (including phenoxy) is 3. The van der Waals surface area contributed by atoms with Crippen molar-refractivity contribution in [2.75, 3.05) is 41.0 Å². The molecule has 0 bridgehead atoms. The number of likely N-dealkylation sites (N-methyl/N-ethyl adjacent to an activating group) is 1. The summed E-state index contributed by atoms with van der Waals surface area (Å²) in [7, 11) is 5.47. The van der Waals surface area contributed by atoms with Crippen LogP contribution < -0.4 is 0 Å². The van der Waals surface area contributed by atoms with E-state index in [1.807, 2.05) is 75.8 Å². The fourth-order valence-corrected chi connectivity index (χ4v) is 4.82. The molecule has 1 N–H and O–H groups in total. The lowest BCUT2D eigenvalue weighted by molar-refractivity contribution is -0.887. The maximum absolute atomic E-state index is 12.6. The van der Waals surface area contributed by atoms with Crippen LogP contribution >= 0.6 is 0 Å². The zero-order valence-corrected chi connectivity index (χ0v) is 31.4. The lowest BCUT2D eigenvalue weighted by Gasteiger charge is -2.31. The molecule has 0 aromatic rings. The molecule has 0 aliphatic carbocycles. The molecule has 0 aromatic heterocycles. The van der Waals surface area contributed by atoms with Gasteiger partial charge in [0.2, 0.25) is 0 Å². The zero-order chi connectivity index (χ0) is 36.4. The number of hydrogen-bond donors (Lipinski definition) is 1. The van der Waals surface area contributed by atoms with E-state index in [4.69, 9.17) is 14.2 Å². The Labute approximate surface area is 298 Å². The quantitative estimate of drug-likeness (QED) is 0.0255. The Morgan fingerprint density at radius 3 is 1.80 bits per heavy atom. The molecule has 0 amide bonds. The van der Waals surface area contributed by atoms with Crippen molar-refractivity contribution < 1.29 is 38.2 Å². The third-order valence-electron chi connectivity index (χ3n) is 7.72. The van der Waals surface area contributed by atoms with Gasteiger partial charge in [-0.05, 0) is 51.4 Å². The van der Waals surface area contributed by atoms with Crippen molar-refractivity contribution in [1.82, 2.24) is 0 Å². The summed E-state index contributed by atoms with van der Waals surface area (Å²) in [5.74, 6) is -1.59. The summed E-state index contributed by atoms with van der Waals surface area (Å²) in [5, 5.41) is 9.57. The van der Waals surface area contributed by atoms with E-state index in [1.165, 1.54) is 32.1 Å². The average Bonchev–Trinajstić information content (AvgIpc) is 3.05. The predicted octanol–water partition coefficient (Wildman–Crippen LogP) is 9.24. The molecule has 0 saturated carbocycles. The lowest BCUT2D eigenvalue weighted by Crippen LogP contribution is -2.50. The largest absolute Gasteiger partial charge is 0.477 e. The maximum atomic E-state index is 12.6.